The quantitative estimate of drug-likeness (QED) is 0.351. The van der Waals surface area contributed by atoms with E-state index in [0.717, 1.165) is 12.2 Å². The number of halogens is 17. The lowest BCUT2D eigenvalue weighted by Crippen LogP contribution is -2.75. The molecule has 3 nitrogen and oxygen atoms in total. The summed E-state index contributed by atoms with van der Waals surface area (Å²) in [7, 11) is 0. The molecule has 1 heterocycles. The number of nitrogens with one attached hydrogen (secondary N) is 1. The summed E-state index contributed by atoms with van der Waals surface area (Å²) in [5, 5.41) is -0.302. The van der Waals surface area contributed by atoms with Crippen LogP contribution in [0.1, 0.15) is 10.6 Å². The van der Waals surface area contributed by atoms with Gasteiger partial charge in [-0.1, -0.05) is 0 Å². The first kappa shape index (κ1) is 30.9. The molecule has 0 unspecified atom stereocenters. The predicted molar refractivity (Wildman–Crippen MR) is 80.9 cm³/mol. The van der Waals surface area contributed by atoms with Crippen molar-refractivity contribution in [1.82, 2.24) is 4.98 Å². The van der Waals surface area contributed by atoms with Gasteiger partial charge in [0, 0.05) is 4.88 Å². The third-order valence-corrected chi connectivity index (χ3v) is 5.24. The van der Waals surface area contributed by atoms with Crippen LogP contribution in [0.2, 0.25) is 0 Å². The number of hydrogen-bond acceptors (Lipinski definition) is 3. The topological polar surface area (TPSA) is 42.0 Å². The fourth-order valence-corrected chi connectivity index (χ4v) is 2.82. The van der Waals surface area contributed by atoms with Gasteiger partial charge in [-0.15, -0.1) is 11.3 Å². The van der Waals surface area contributed by atoms with Gasteiger partial charge in [-0.3, -0.25) is 10.1 Å². The summed E-state index contributed by atoms with van der Waals surface area (Å²) in [5.74, 6) is -61.7. The van der Waals surface area contributed by atoms with Crippen LogP contribution in [0.25, 0.3) is 0 Å². The van der Waals surface area contributed by atoms with Gasteiger partial charge in [-0.2, -0.15) is 74.6 Å². The van der Waals surface area contributed by atoms with Gasteiger partial charge >= 0.3 is 53.5 Å². The molecule has 0 radical (unpaired) electrons. The van der Waals surface area contributed by atoms with E-state index in [2.05, 4.69) is 4.98 Å². The number of anilines is 1. The summed E-state index contributed by atoms with van der Waals surface area (Å²) in [6, 6.07) is 0. The molecule has 21 heteroatoms. The van der Waals surface area contributed by atoms with Gasteiger partial charge in [-0.05, 0) is 13.8 Å². The van der Waals surface area contributed by atoms with E-state index in [1.807, 2.05) is 0 Å². The molecule has 1 rings (SSSR count). The molecule has 204 valence electrons. The molecule has 0 bridgehead atoms. The number of aryl methyl sites for hydroxylation is 2. The van der Waals surface area contributed by atoms with Gasteiger partial charge in [0.15, 0.2) is 5.13 Å². The van der Waals surface area contributed by atoms with Crippen LogP contribution in [0.3, 0.4) is 0 Å². The highest BCUT2D eigenvalue weighted by Gasteiger charge is 2.95. The first-order valence-corrected chi connectivity index (χ1v) is 8.84. The first-order valence-electron chi connectivity index (χ1n) is 8.02. The van der Waals surface area contributed by atoms with Crippen LogP contribution in [-0.2, 0) is 4.79 Å². The number of carbonyl (C=O) groups excluding carboxylic acids is 1. The van der Waals surface area contributed by atoms with Gasteiger partial charge < -0.3 is 0 Å². The lowest BCUT2D eigenvalue weighted by molar-refractivity contribution is -0.459. The largest absolute Gasteiger partial charge is 0.460 e. The Labute approximate surface area is 185 Å². The van der Waals surface area contributed by atoms with E-state index < -0.39 is 58.7 Å². The summed E-state index contributed by atoms with van der Waals surface area (Å²) in [6.07, 6.45) is -7.83. The minimum Gasteiger partial charge on any atom is -0.296 e. The summed E-state index contributed by atoms with van der Waals surface area (Å²) in [6.45, 7) is 2.34. The predicted octanol–water partition coefficient (Wildman–Crippen LogP) is 6.71. The highest BCUT2D eigenvalue weighted by Crippen LogP contribution is 2.64. The molecule has 0 spiro atoms. The second kappa shape index (κ2) is 8.22. The SMILES string of the molecule is Cc1nc(NC(=O)C(F)(F)C(F)(F)C(F)(F)C(F)(F)C(F)(F)C(F)(F)C(F)(F)C(F)(F)F)sc1C. The van der Waals surface area contributed by atoms with Crippen molar-refractivity contribution < 1.29 is 79.4 Å². The summed E-state index contributed by atoms with van der Waals surface area (Å²) >= 11 is 0.229. The highest BCUT2D eigenvalue weighted by atomic mass is 32.1. The standard InChI is InChI=1S/C14H7F17N2OS/c1-3-4(2)35-6(32-3)33-5(34)7(15,16)8(17,18)9(19,20)10(21,22)11(23,24)12(25,26)13(27,28)14(29,30)31/h1-2H3,(H,32,33,34). The van der Waals surface area contributed by atoms with Crippen LogP contribution < -0.4 is 5.32 Å². The number of nitrogens with zero attached hydrogens (tertiary/aromatic N) is 1. The number of hydrogen-bond donors (Lipinski definition) is 1. The number of rotatable bonds is 8. The monoisotopic (exact) mass is 574 g/mol. The molecule has 0 aliphatic rings. The molecule has 0 saturated carbocycles. The molecule has 0 aliphatic carbocycles. The zero-order valence-corrected chi connectivity index (χ0v) is 17.0. The van der Waals surface area contributed by atoms with Gasteiger partial charge in [0.1, 0.15) is 0 Å². The molecular weight excluding hydrogens is 567 g/mol. The van der Waals surface area contributed by atoms with E-state index in [1.54, 1.807) is 0 Å². The summed E-state index contributed by atoms with van der Waals surface area (Å²) < 4.78 is 224. The minimum absolute atomic E-state index is 0.0651. The molecule has 1 aromatic heterocycles. The van der Waals surface area contributed by atoms with Crippen molar-refractivity contribution in [2.45, 2.75) is 61.5 Å². The summed E-state index contributed by atoms with van der Waals surface area (Å²) in [4.78, 5) is 14.7. The average Bonchev–Trinajstić information content (AvgIpc) is 2.96. The van der Waals surface area contributed by atoms with Crippen molar-refractivity contribution in [3.8, 4) is 0 Å². The van der Waals surface area contributed by atoms with E-state index >= 15 is 0 Å². The van der Waals surface area contributed by atoms with Crippen LogP contribution >= 0.6 is 11.3 Å². The molecule has 0 aromatic carbocycles. The van der Waals surface area contributed by atoms with Crippen LogP contribution in [0.15, 0.2) is 0 Å². The minimum atomic E-state index is -8.75. The molecule has 35 heavy (non-hydrogen) atoms. The zero-order chi connectivity index (χ0) is 28.4. The maximum atomic E-state index is 13.8. The van der Waals surface area contributed by atoms with Gasteiger partial charge in [0.25, 0.3) is 0 Å². The first-order chi connectivity index (χ1) is 15.1. The number of aromatic nitrogens is 1. The molecule has 1 amide bonds. The van der Waals surface area contributed by atoms with Crippen molar-refractivity contribution in [1.29, 1.82) is 0 Å². The smallest absolute Gasteiger partial charge is 0.296 e. The fourth-order valence-electron chi connectivity index (χ4n) is 2.01. The molecule has 0 fully saturated rings. The Balaban J connectivity index is 3.57. The van der Waals surface area contributed by atoms with Crippen molar-refractivity contribution in [3.05, 3.63) is 10.6 Å². The van der Waals surface area contributed by atoms with Crippen LogP contribution in [0, 0.1) is 13.8 Å². The van der Waals surface area contributed by atoms with E-state index in [1.165, 1.54) is 6.92 Å². The Morgan fingerprint density at radius 1 is 0.629 bits per heavy atom. The van der Waals surface area contributed by atoms with Crippen molar-refractivity contribution in [2.75, 3.05) is 5.32 Å². The van der Waals surface area contributed by atoms with E-state index in [-0.39, 0.29) is 21.9 Å². The Morgan fingerprint density at radius 2 is 0.971 bits per heavy atom. The molecule has 1 aromatic rings. The Bertz CT molecular complexity index is 945. The number of carbonyl (C=O) groups is 1. The Kier molecular flexibility index (Phi) is 7.26. The molecule has 0 saturated heterocycles. The third kappa shape index (κ3) is 4.15. The van der Waals surface area contributed by atoms with Crippen molar-refractivity contribution in [3.63, 3.8) is 0 Å². The Hall–Kier alpha value is -2.09. The normalized spacial score (nSPS) is 15.4. The van der Waals surface area contributed by atoms with Gasteiger partial charge in [0.05, 0.1) is 5.69 Å². The van der Waals surface area contributed by atoms with Crippen LogP contribution in [0.5, 0.6) is 0 Å². The van der Waals surface area contributed by atoms with Gasteiger partial charge in [-0.25, -0.2) is 4.98 Å². The van der Waals surface area contributed by atoms with Crippen molar-refractivity contribution >= 4 is 22.4 Å². The lowest BCUT2D eigenvalue weighted by Gasteiger charge is -2.42. The maximum absolute atomic E-state index is 13.8. The molecule has 0 aliphatic heterocycles. The summed E-state index contributed by atoms with van der Waals surface area (Å²) in [5.41, 5.74) is -0.0651. The third-order valence-electron chi connectivity index (χ3n) is 4.26. The molecule has 1 N–H and O–H groups in total. The average molecular weight is 574 g/mol. The van der Waals surface area contributed by atoms with Crippen LogP contribution in [-0.4, -0.2) is 58.5 Å². The van der Waals surface area contributed by atoms with E-state index in [9.17, 15) is 79.4 Å². The fraction of sp³-hybridized carbons (Fsp3) is 0.714. The number of thiazole rings is 1. The number of amides is 1. The lowest BCUT2D eigenvalue weighted by atomic mass is 9.89. The highest BCUT2D eigenvalue weighted by molar-refractivity contribution is 7.15. The maximum Gasteiger partial charge on any atom is 0.460 e. The van der Waals surface area contributed by atoms with Crippen molar-refractivity contribution in [2.24, 2.45) is 0 Å². The molecule has 0 atom stereocenters. The molecular formula is C14H7F17N2OS. The van der Waals surface area contributed by atoms with E-state index in [0.29, 0.717) is 0 Å². The van der Waals surface area contributed by atoms with Crippen LogP contribution in [0.4, 0.5) is 79.8 Å². The second-order valence-corrected chi connectivity index (χ2v) is 7.84. The van der Waals surface area contributed by atoms with E-state index in [4.69, 9.17) is 0 Å². The van der Waals surface area contributed by atoms with Gasteiger partial charge in [0.2, 0.25) is 0 Å². The second-order valence-electron chi connectivity index (χ2n) is 6.63. The zero-order valence-electron chi connectivity index (χ0n) is 16.2. The Morgan fingerprint density at radius 3 is 1.29 bits per heavy atom. The number of alkyl halides is 17.